The number of benzene rings is 1. The van der Waals surface area contributed by atoms with Crippen LogP contribution in [-0.2, 0) is 0 Å². The molecule has 2 heterocycles. The molecule has 1 fully saturated rings. The molecule has 0 aliphatic carbocycles. The van der Waals surface area contributed by atoms with Gasteiger partial charge >= 0.3 is 0 Å². The first-order valence-corrected chi connectivity index (χ1v) is 7.80. The minimum Gasteiger partial charge on any atom is -0.384 e. The maximum Gasteiger partial charge on any atom is 0.123 e. The Bertz CT molecular complexity index is 586. The molecule has 0 bridgehead atoms. The van der Waals surface area contributed by atoms with E-state index in [1.807, 2.05) is 12.1 Å². The molecule has 2 aromatic rings. The number of nitrogens with two attached hydrogens (primary N) is 1. The summed E-state index contributed by atoms with van der Waals surface area (Å²) in [4.78, 5) is 6.63. The van der Waals surface area contributed by atoms with Crippen molar-refractivity contribution in [1.82, 2.24) is 9.88 Å². The smallest absolute Gasteiger partial charge is 0.123 e. The van der Waals surface area contributed by atoms with Gasteiger partial charge in [-0.05, 0) is 61.7 Å². The van der Waals surface area contributed by atoms with Crippen molar-refractivity contribution in [2.45, 2.75) is 32.2 Å². The SMILES string of the molecule is CC(c1ccc(-c2ccnc(N)c2)cc1)N1CCCCC1. The molecule has 1 aromatic heterocycles. The van der Waals surface area contributed by atoms with Gasteiger partial charge in [-0.25, -0.2) is 4.98 Å². The molecule has 0 amide bonds. The van der Waals surface area contributed by atoms with Crippen LogP contribution in [0, 0.1) is 0 Å². The molecule has 1 aliphatic rings. The lowest BCUT2D eigenvalue weighted by atomic mass is 9.99. The van der Waals surface area contributed by atoms with Crippen LogP contribution in [0.4, 0.5) is 5.82 Å². The van der Waals surface area contributed by atoms with Crippen LogP contribution < -0.4 is 5.73 Å². The van der Waals surface area contributed by atoms with Crippen molar-refractivity contribution in [3.8, 4) is 11.1 Å². The fraction of sp³-hybridized carbons (Fsp3) is 0.389. The van der Waals surface area contributed by atoms with Gasteiger partial charge in [-0.15, -0.1) is 0 Å². The molecule has 0 saturated carbocycles. The van der Waals surface area contributed by atoms with Gasteiger partial charge in [0.05, 0.1) is 0 Å². The van der Waals surface area contributed by atoms with E-state index in [2.05, 4.69) is 41.1 Å². The normalized spacial score (nSPS) is 17.6. The Hall–Kier alpha value is -1.87. The molecule has 1 aromatic carbocycles. The Kier molecular flexibility index (Phi) is 4.20. The van der Waals surface area contributed by atoms with Gasteiger partial charge in [-0.2, -0.15) is 0 Å². The zero-order valence-electron chi connectivity index (χ0n) is 12.6. The number of aromatic nitrogens is 1. The predicted octanol–water partition coefficient (Wildman–Crippen LogP) is 3.88. The Labute approximate surface area is 126 Å². The fourth-order valence-electron chi connectivity index (χ4n) is 3.10. The Balaban J connectivity index is 1.77. The number of pyridine rings is 1. The highest BCUT2D eigenvalue weighted by Gasteiger charge is 2.17. The summed E-state index contributed by atoms with van der Waals surface area (Å²) in [6, 6.07) is 13.3. The number of anilines is 1. The van der Waals surface area contributed by atoms with Crippen LogP contribution in [0.3, 0.4) is 0 Å². The van der Waals surface area contributed by atoms with Crippen LogP contribution in [0.2, 0.25) is 0 Å². The summed E-state index contributed by atoms with van der Waals surface area (Å²) in [6.45, 7) is 4.76. The fourth-order valence-corrected chi connectivity index (χ4v) is 3.10. The second-order valence-electron chi connectivity index (χ2n) is 5.86. The van der Waals surface area contributed by atoms with Gasteiger partial charge in [0.25, 0.3) is 0 Å². The lowest BCUT2D eigenvalue weighted by molar-refractivity contribution is 0.175. The second kappa shape index (κ2) is 6.27. The van der Waals surface area contributed by atoms with Gasteiger partial charge in [-0.1, -0.05) is 30.7 Å². The van der Waals surface area contributed by atoms with E-state index in [1.165, 1.54) is 43.5 Å². The maximum absolute atomic E-state index is 5.75. The lowest BCUT2D eigenvalue weighted by Gasteiger charge is -2.32. The third kappa shape index (κ3) is 3.24. The van der Waals surface area contributed by atoms with Crippen molar-refractivity contribution in [3.63, 3.8) is 0 Å². The van der Waals surface area contributed by atoms with E-state index < -0.39 is 0 Å². The summed E-state index contributed by atoms with van der Waals surface area (Å²) in [5, 5.41) is 0. The number of nitrogen functional groups attached to an aromatic ring is 1. The molecule has 1 saturated heterocycles. The van der Waals surface area contributed by atoms with Gasteiger partial charge in [0.2, 0.25) is 0 Å². The van der Waals surface area contributed by atoms with Crippen LogP contribution in [0.1, 0.15) is 37.8 Å². The molecular formula is C18H23N3. The van der Waals surface area contributed by atoms with E-state index >= 15 is 0 Å². The van der Waals surface area contributed by atoms with Gasteiger partial charge in [0.1, 0.15) is 5.82 Å². The Morgan fingerprint density at radius 2 is 1.71 bits per heavy atom. The molecule has 0 spiro atoms. The average Bonchev–Trinajstić information content (AvgIpc) is 2.55. The van der Waals surface area contributed by atoms with E-state index in [9.17, 15) is 0 Å². The van der Waals surface area contributed by atoms with Crippen LogP contribution in [0.15, 0.2) is 42.6 Å². The third-order valence-electron chi connectivity index (χ3n) is 4.45. The van der Waals surface area contributed by atoms with Crippen LogP contribution >= 0.6 is 0 Å². The zero-order valence-corrected chi connectivity index (χ0v) is 12.6. The summed E-state index contributed by atoms with van der Waals surface area (Å²) in [5.74, 6) is 0.568. The monoisotopic (exact) mass is 281 g/mol. The molecule has 0 radical (unpaired) electrons. The van der Waals surface area contributed by atoms with Crippen molar-refractivity contribution >= 4 is 5.82 Å². The molecule has 21 heavy (non-hydrogen) atoms. The maximum atomic E-state index is 5.75. The highest BCUT2D eigenvalue weighted by molar-refractivity contribution is 5.65. The zero-order chi connectivity index (χ0) is 14.7. The topological polar surface area (TPSA) is 42.1 Å². The van der Waals surface area contributed by atoms with Crippen molar-refractivity contribution < 1.29 is 0 Å². The molecule has 3 rings (SSSR count). The summed E-state index contributed by atoms with van der Waals surface area (Å²) >= 11 is 0. The van der Waals surface area contributed by atoms with Crippen LogP contribution in [0.5, 0.6) is 0 Å². The van der Waals surface area contributed by atoms with Crippen LogP contribution in [0.25, 0.3) is 11.1 Å². The highest BCUT2D eigenvalue weighted by atomic mass is 15.2. The summed E-state index contributed by atoms with van der Waals surface area (Å²) < 4.78 is 0. The minimum absolute atomic E-state index is 0.502. The molecule has 110 valence electrons. The molecule has 2 N–H and O–H groups in total. The molecule has 3 heteroatoms. The number of hydrogen-bond donors (Lipinski definition) is 1. The Morgan fingerprint density at radius 1 is 1.00 bits per heavy atom. The summed E-state index contributed by atoms with van der Waals surface area (Å²) in [5.41, 5.74) is 9.46. The van der Waals surface area contributed by atoms with E-state index in [-0.39, 0.29) is 0 Å². The standard InChI is InChI=1S/C18H23N3/c1-14(21-11-3-2-4-12-21)15-5-7-16(8-6-15)17-9-10-20-18(19)13-17/h5-10,13-14H,2-4,11-12H2,1H3,(H2,19,20). The number of rotatable bonds is 3. The van der Waals surface area contributed by atoms with Gasteiger partial charge in [-0.3, -0.25) is 4.90 Å². The summed E-state index contributed by atoms with van der Waals surface area (Å²) in [6.07, 6.45) is 5.80. The van der Waals surface area contributed by atoms with Gasteiger partial charge < -0.3 is 5.73 Å². The quantitative estimate of drug-likeness (QED) is 0.928. The second-order valence-corrected chi connectivity index (χ2v) is 5.86. The van der Waals surface area contributed by atoms with Gasteiger partial charge in [0.15, 0.2) is 0 Å². The van der Waals surface area contributed by atoms with E-state index in [4.69, 9.17) is 5.73 Å². The van der Waals surface area contributed by atoms with E-state index in [1.54, 1.807) is 6.20 Å². The van der Waals surface area contributed by atoms with Crippen LogP contribution in [-0.4, -0.2) is 23.0 Å². The van der Waals surface area contributed by atoms with Crippen molar-refractivity contribution in [3.05, 3.63) is 48.2 Å². The van der Waals surface area contributed by atoms with Crippen molar-refractivity contribution in [2.75, 3.05) is 18.8 Å². The first kappa shape index (κ1) is 14.1. The number of piperidine rings is 1. The van der Waals surface area contributed by atoms with E-state index in [0.717, 1.165) is 5.56 Å². The lowest BCUT2D eigenvalue weighted by Crippen LogP contribution is -2.32. The predicted molar refractivity (Wildman–Crippen MR) is 87.9 cm³/mol. The van der Waals surface area contributed by atoms with Crippen molar-refractivity contribution in [1.29, 1.82) is 0 Å². The number of hydrogen-bond acceptors (Lipinski definition) is 3. The van der Waals surface area contributed by atoms with E-state index in [0.29, 0.717) is 11.9 Å². The molecular weight excluding hydrogens is 258 g/mol. The average molecular weight is 281 g/mol. The molecule has 1 atom stereocenters. The largest absolute Gasteiger partial charge is 0.384 e. The first-order chi connectivity index (χ1) is 10.2. The molecule has 1 unspecified atom stereocenters. The summed E-state index contributed by atoms with van der Waals surface area (Å²) in [7, 11) is 0. The minimum atomic E-state index is 0.502. The molecule has 3 nitrogen and oxygen atoms in total. The van der Waals surface area contributed by atoms with Crippen molar-refractivity contribution in [2.24, 2.45) is 0 Å². The van der Waals surface area contributed by atoms with Gasteiger partial charge in [0, 0.05) is 12.2 Å². The third-order valence-corrected chi connectivity index (χ3v) is 4.45. The highest BCUT2D eigenvalue weighted by Crippen LogP contribution is 2.27. The molecule has 1 aliphatic heterocycles. The number of likely N-dealkylation sites (tertiary alicyclic amines) is 1. The first-order valence-electron chi connectivity index (χ1n) is 7.80. The Morgan fingerprint density at radius 3 is 2.38 bits per heavy atom. The number of nitrogens with zero attached hydrogens (tertiary/aromatic N) is 2.